The fraction of sp³-hybridized carbons (Fsp3) is 0.571. The van der Waals surface area contributed by atoms with Gasteiger partial charge in [-0.1, -0.05) is 11.6 Å². The van der Waals surface area contributed by atoms with Crippen LogP contribution in [-0.2, 0) is 17.8 Å². The molecule has 1 aliphatic carbocycles. The highest BCUT2D eigenvalue weighted by atomic mass is 35.5. The molecule has 1 N–H and O–H groups in total. The minimum atomic E-state index is -1.20. The summed E-state index contributed by atoms with van der Waals surface area (Å²) in [5, 5.41) is 0.249. The van der Waals surface area contributed by atoms with Crippen LogP contribution in [0.5, 0.6) is 5.75 Å². The molecule has 0 aromatic heterocycles. The summed E-state index contributed by atoms with van der Waals surface area (Å²) in [6.07, 6.45) is 1.30. The Balaban J connectivity index is 2.30. The highest BCUT2D eigenvalue weighted by molar-refractivity contribution is 7.90. The van der Waals surface area contributed by atoms with Crippen LogP contribution in [0.3, 0.4) is 0 Å². The number of ether oxygens (including phenoxy) is 1. The third kappa shape index (κ3) is 2.91. The first kappa shape index (κ1) is 15.9. The van der Waals surface area contributed by atoms with Gasteiger partial charge >= 0.3 is 0 Å². The summed E-state index contributed by atoms with van der Waals surface area (Å²) in [5.74, 6) is -0.316. The fourth-order valence-electron chi connectivity index (χ4n) is 2.28. The molecule has 1 aromatic carbocycles. The van der Waals surface area contributed by atoms with Gasteiger partial charge in [-0.25, -0.2) is 4.39 Å². The van der Waals surface area contributed by atoms with Gasteiger partial charge in [0.15, 0.2) is 11.6 Å². The first-order chi connectivity index (χ1) is 9.25. The van der Waals surface area contributed by atoms with E-state index in [1.807, 2.05) is 20.8 Å². The summed E-state index contributed by atoms with van der Waals surface area (Å²) in [4.78, 5) is 0. The van der Waals surface area contributed by atoms with Gasteiger partial charge in [-0.05, 0) is 50.8 Å². The number of hydrogen-bond acceptors (Lipinski definition) is 3. The first-order valence-corrected chi connectivity index (χ1v) is 8.01. The van der Waals surface area contributed by atoms with E-state index in [0.29, 0.717) is 18.4 Å². The molecular formula is C14H19ClFNO2S. The highest BCUT2D eigenvalue weighted by Gasteiger charge is 2.35. The lowest BCUT2D eigenvalue weighted by atomic mass is 10.1. The largest absolute Gasteiger partial charge is 0.598 e. The predicted octanol–water partition coefficient (Wildman–Crippen LogP) is 3.53. The molecule has 0 bridgehead atoms. The van der Waals surface area contributed by atoms with E-state index in [0.717, 1.165) is 5.56 Å². The van der Waals surface area contributed by atoms with Crippen molar-refractivity contribution in [3.8, 4) is 5.75 Å². The van der Waals surface area contributed by atoms with Crippen LogP contribution in [0, 0.1) is 5.82 Å². The summed E-state index contributed by atoms with van der Waals surface area (Å²) in [6.45, 7) is 5.69. The normalized spacial score (nSPS) is 19.9. The van der Waals surface area contributed by atoms with Crippen LogP contribution in [0.2, 0.25) is 5.02 Å². The Hall–Kier alpha value is -0.490. The molecule has 1 aliphatic rings. The van der Waals surface area contributed by atoms with E-state index in [9.17, 15) is 8.94 Å². The Kier molecular flexibility index (Phi) is 4.54. The zero-order valence-corrected chi connectivity index (χ0v) is 13.6. The van der Waals surface area contributed by atoms with Crippen LogP contribution in [-0.4, -0.2) is 16.4 Å². The maximum atomic E-state index is 14.3. The molecule has 2 rings (SSSR count). The third-order valence-corrected chi connectivity index (χ3v) is 5.27. The molecule has 2 atom stereocenters. The number of hydrogen-bond donors (Lipinski definition) is 1. The predicted molar refractivity (Wildman–Crippen MR) is 80.1 cm³/mol. The van der Waals surface area contributed by atoms with E-state index in [1.165, 1.54) is 7.11 Å². The Morgan fingerprint density at radius 3 is 2.70 bits per heavy atom. The number of methoxy groups -OCH3 is 1. The van der Waals surface area contributed by atoms with Gasteiger partial charge in [0, 0.05) is 11.4 Å². The average molecular weight is 320 g/mol. The van der Waals surface area contributed by atoms with Crippen LogP contribution in [0.15, 0.2) is 6.07 Å². The van der Waals surface area contributed by atoms with E-state index in [4.69, 9.17) is 16.3 Å². The van der Waals surface area contributed by atoms with Crippen molar-refractivity contribution in [2.24, 2.45) is 0 Å². The SMILES string of the molecule is COc1c(Cl)cc2c(c1F)CC[C@H]2N[S@+]([O-])C(C)(C)C. The van der Waals surface area contributed by atoms with Crippen molar-refractivity contribution in [3.05, 3.63) is 28.0 Å². The van der Waals surface area contributed by atoms with Crippen LogP contribution in [0.4, 0.5) is 4.39 Å². The van der Waals surface area contributed by atoms with Crippen LogP contribution in [0.1, 0.15) is 44.4 Å². The smallest absolute Gasteiger partial charge is 0.173 e. The van der Waals surface area contributed by atoms with Crippen molar-refractivity contribution in [2.75, 3.05) is 7.11 Å². The maximum absolute atomic E-state index is 14.3. The van der Waals surface area contributed by atoms with Crippen molar-refractivity contribution in [1.82, 2.24) is 4.72 Å². The van der Waals surface area contributed by atoms with Crippen molar-refractivity contribution in [1.29, 1.82) is 0 Å². The summed E-state index contributed by atoms with van der Waals surface area (Å²) in [7, 11) is 1.40. The molecule has 6 heteroatoms. The highest BCUT2D eigenvalue weighted by Crippen LogP contribution is 2.41. The summed E-state index contributed by atoms with van der Waals surface area (Å²) >= 11 is 4.83. The van der Waals surface area contributed by atoms with Crippen LogP contribution >= 0.6 is 11.6 Å². The molecule has 0 heterocycles. The number of fused-ring (bicyclic) bond motifs is 1. The molecule has 0 aliphatic heterocycles. The summed E-state index contributed by atoms with van der Waals surface area (Å²) in [6, 6.07) is 1.58. The topological polar surface area (TPSA) is 44.3 Å². The van der Waals surface area contributed by atoms with E-state index >= 15 is 0 Å². The molecule has 0 amide bonds. The van der Waals surface area contributed by atoms with Gasteiger partial charge in [0.1, 0.15) is 4.75 Å². The fourth-order valence-corrected chi connectivity index (χ4v) is 3.42. The van der Waals surface area contributed by atoms with Gasteiger partial charge in [-0.3, -0.25) is 0 Å². The van der Waals surface area contributed by atoms with Crippen molar-refractivity contribution < 1.29 is 13.7 Å². The molecule has 0 spiro atoms. The second-order valence-corrected chi connectivity index (χ2v) is 8.27. The van der Waals surface area contributed by atoms with Gasteiger partial charge in [-0.2, -0.15) is 0 Å². The van der Waals surface area contributed by atoms with E-state index in [-0.39, 0.29) is 21.6 Å². The van der Waals surface area contributed by atoms with E-state index in [1.54, 1.807) is 6.07 Å². The monoisotopic (exact) mass is 319 g/mol. The van der Waals surface area contributed by atoms with Crippen LogP contribution < -0.4 is 9.46 Å². The van der Waals surface area contributed by atoms with E-state index < -0.39 is 17.2 Å². The second kappa shape index (κ2) is 5.72. The second-order valence-electron chi connectivity index (χ2n) is 5.86. The zero-order valence-electron chi connectivity index (χ0n) is 12.0. The number of rotatable bonds is 3. The lowest BCUT2D eigenvalue weighted by molar-refractivity contribution is 0.384. The summed E-state index contributed by atoms with van der Waals surface area (Å²) in [5.41, 5.74) is 1.39. The number of benzene rings is 1. The first-order valence-electron chi connectivity index (χ1n) is 6.48. The van der Waals surface area contributed by atoms with Gasteiger partial charge in [0.25, 0.3) is 0 Å². The van der Waals surface area contributed by atoms with Crippen molar-refractivity contribution in [2.45, 2.75) is 44.4 Å². The third-order valence-electron chi connectivity index (χ3n) is 3.38. The Morgan fingerprint density at radius 1 is 1.50 bits per heavy atom. The van der Waals surface area contributed by atoms with Gasteiger partial charge in [-0.15, -0.1) is 4.72 Å². The van der Waals surface area contributed by atoms with Crippen molar-refractivity contribution in [3.63, 3.8) is 0 Å². The number of halogens is 2. The molecule has 0 radical (unpaired) electrons. The minimum Gasteiger partial charge on any atom is -0.598 e. The lowest BCUT2D eigenvalue weighted by Crippen LogP contribution is -2.40. The minimum absolute atomic E-state index is 0.0861. The molecule has 0 saturated heterocycles. The molecular weight excluding hydrogens is 301 g/mol. The van der Waals surface area contributed by atoms with Gasteiger partial charge < -0.3 is 9.29 Å². The van der Waals surface area contributed by atoms with E-state index in [2.05, 4.69) is 4.72 Å². The Labute approximate surface area is 127 Å². The molecule has 112 valence electrons. The lowest BCUT2D eigenvalue weighted by Gasteiger charge is -2.26. The van der Waals surface area contributed by atoms with Gasteiger partial charge in [0.2, 0.25) is 0 Å². The maximum Gasteiger partial charge on any atom is 0.173 e. The van der Waals surface area contributed by atoms with Gasteiger partial charge in [0.05, 0.1) is 18.2 Å². The Bertz CT molecular complexity index is 519. The molecule has 1 aromatic rings. The Morgan fingerprint density at radius 2 is 2.15 bits per heavy atom. The molecule has 20 heavy (non-hydrogen) atoms. The average Bonchev–Trinajstić information content (AvgIpc) is 2.72. The standard InChI is InChI=1S/C14H19ClFNO2S/c1-14(2,3)20(18)17-11-6-5-8-9(11)7-10(15)13(19-4)12(8)16/h7,11,17H,5-6H2,1-4H3/t11-,20-/m1/s1. The van der Waals surface area contributed by atoms with Crippen LogP contribution in [0.25, 0.3) is 0 Å². The quantitative estimate of drug-likeness (QED) is 0.867. The summed E-state index contributed by atoms with van der Waals surface area (Å²) < 4.78 is 34.1. The molecule has 0 unspecified atom stereocenters. The number of nitrogens with one attached hydrogen (secondary N) is 1. The zero-order chi connectivity index (χ0) is 15.1. The van der Waals surface area contributed by atoms with Crippen molar-refractivity contribution >= 4 is 23.0 Å². The molecule has 0 saturated carbocycles. The molecule has 3 nitrogen and oxygen atoms in total. The molecule has 0 fully saturated rings.